The largest absolute Gasteiger partial charge is 0.478 e. The fourth-order valence-electron chi connectivity index (χ4n) is 1.86. The van der Waals surface area contributed by atoms with Crippen LogP contribution in [0.1, 0.15) is 29.6 Å². The van der Waals surface area contributed by atoms with Gasteiger partial charge < -0.3 is 15.2 Å². The van der Waals surface area contributed by atoms with Crippen LogP contribution in [0.2, 0.25) is 5.02 Å². The van der Waals surface area contributed by atoms with E-state index in [2.05, 4.69) is 10.3 Å². The van der Waals surface area contributed by atoms with Crippen molar-refractivity contribution in [1.82, 2.24) is 4.98 Å². The number of hydrogen-bond donors (Lipinski definition) is 2. The smallest absolute Gasteiger partial charge is 0.337 e. The molecule has 1 aromatic rings. The second-order valence-corrected chi connectivity index (χ2v) is 4.64. The highest BCUT2D eigenvalue weighted by Crippen LogP contribution is 2.21. The lowest BCUT2D eigenvalue weighted by atomic mass is 10.1. The maximum atomic E-state index is 10.7. The summed E-state index contributed by atoms with van der Waals surface area (Å²) in [6, 6.07) is 1.39. The van der Waals surface area contributed by atoms with Crippen LogP contribution in [-0.4, -0.2) is 35.3 Å². The number of nitrogens with one attached hydrogen (secondary N) is 1. The number of aromatic nitrogens is 1. The molecule has 0 bridgehead atoms. The lowest BCUT2D eigenvalue weighted by Gasteiger charge is -2.23. The molecule has 0 spiro atoms. The Balaban J connectivity index is 1.94. The van der Waals surface area contributed by atoms with Crippen LogP contribution in [0.5, 0.6) is 0 Å². The summed E-state index contributed by atoms with van der Waals surface area (Å²) in [4.78, 5) is 14.7. The molecular weight excluding hydrogens is 256 g/mol. The topological polar surface area (TPSA) is 71.5 Å². The predicted molar refractivity (Wildman–Crippen MR) is 68.3 cm³/mol. The first-order valence-electron chi connectivity index (χ1n) is 5.91. The number of hydrogen-bond acceptors (Lipinski definition) is 4. The molecule has 2 rings (SSSR count). The predicted octanol–water partition coefficient (Wildman–Crippen LogP) is 2.41. The third-order valence-electron chi connectivity index (χ3n) is 2.86. The fraction of sp³-hybridized carbons (Fsp3) is 0.500. The van der Waals surface area contributed by atoms with Gasteiger partial charge in [-0.2, -0.15) is 0 Å². The van der Waals surface area contributed by atoms with Crippen LogP contribution in [0.3, 0.4) is 0 Å². The first kappa shape index (κ1) is 13.1. The summed E-state index contributed by atoms with van der Waals surface area (Å²) < 4.78 is 5.57. The minimum Gasteiger partial charge on any atom is -0.478 e. The molecule has 1 unspecified atom stereocenters. The molecule has 2 N–H and O–H groups in total. The molecule has 1 atom stereocenters. The van der Waals surface area contributed by atoms with Gasteiger partial charge in [0.15, 0.2) is 0 Å². The summed E-state index contributed by atoms with van der Waals surface area (Å²) in [5.41, 5.74) is 0.0828. The minimum atomic E-state index is -1.04. The molecule has 0 radical (unpaired) electrons. The minimum absolute atomic E-state index is 0.0828. The molecular formula is C12H15ClN2O3. The number of carbonyl (C=O) groups is 1. The van der Waals surface area contributed by atoms with Gasteiger partial charge in [0.05, 0.1) is 16.7 Å². The van der Waals surface area contributed by atoms with E-state index in [1.165, 1.54) is 18.7 Å². The van der Waals surface area contributed by atoms with E-state index < -0.39 is 5.97 Å². The van der Waals surface area contributed by atoms with Gasteiger partial charge in [0, 0.05) is 19.3 Å². The van der Waals surface area contributed by atoms with E-state index in [0.717, 1.165) is 19.4 Å². The zero-order chi connectivity index (χ0) is 13.0. The summed E-state index contributed by atoms with van der Waals surface area (Å²) in [6.45, 7) is 1.44. The van der Waals surface area contributed by atoms with Crippen molar-refractivity contribution in [3.63, 3.8) is 0 Å². The Morgan fingerprint density at radius 1 is 1.61 bits per heavy atom. The zero-order valence-corrected chi connectivity index (χ0v) is 10.6. The van der Waals surface area contributed by atoms with Crippen LogP contribution in [0.15, 0.2) is 12.3 Å². The Morgan fingerprint density at radius 2 is 2.44 bits per heavy atom. The Kier molecular flexibility index (Phi) is 4.38. The fourth-order valence-corrected chi connectivity index (χ4v) is 2.10. The quantitative estimate of drug-likeness (QED) is 0.879. The van der Waals surface area contributed by atoms with Crippen molar-refractivity contribution in [2.75, 3.05) is 18.5 Å². The van der Waals surface area contributed by atoms with Gasteiger partial charge in [0.2, 0.25) is 0 Å². The number of aromatic carboxylic acids is 1. The molecule has 1 fully saturated rings. The highest BCUT2D eigenvalue weighted by Gasteiger charge is 2.15. The van der Waals surface area contributed by atoms with Crippen LogP contribution in [0.4, 0.5) is 5.82 Å². The van der Waals surface area contributed by atoms with Crippen LogP contribution in [-0.2, 0) is 4.74 Å². The highest BCUT2D eigenvalue weighted by atomic mass is 35.5. The second kappa shape index (κ2) is 6.02. The van der Waals surface area contributed by atoms with E-state index in [4.69, 9.17) is 21.4 Å². The number of anilines is 1. The van der Waals surface area contributed by atoms with Gasteiger partial charge in [-0.1, -0.05) is 11.6 Å². The number of carboxylic acids is 1. The summed E-state index contributed by atoms with van der Waals surface area (Å²) in [5.74, 6) is -0.539. The van der Waals surface area contributed by atoms with E-state index in [9.17, 15) is 4.79 Å². The van der Waals surface area contributed by atoms with Gasteiger partial charge in [0.25, 0.3) is 0 Å². The van der Waals surface area contributed by atoms with Gasteiger partial charge in [-0.15, -0.1) is 0 Å². The second-order valence-electron chi connectivity index (χ2n) is 4.23. The average Bonchev–Trinajstić information content (AvgIpc) is 2.38. The van der Waals surface area contributed by atoms with E-state index >= 15 is 0 Å². The van der Waals surface area contributed by atoms with Gasteiger partial charge >= 0.3 is 5.97 Å². The van der Waals surface area contributed by atoms with Crippen molar-refractivity contribution in [2.24, 2.45) is 0 Å². The van der Waals surface area contributed by atoms with Gasteiger partial charge in [0.1, 0.15) is 5.82 Å². The number of rotatable bonds is 4. The normalized spacial score (nSPS) is 19.5. The van der Waals surface area contributed by atoms with Crippen LogP contribution < -0.4 is 5.32 Å². The van der Waals surface area contributed by atoms with Gasteiger partial charge in [-0.3, -0.25) is 0 Å². The molecule has 2 heterocycles. The Bertz CT molecular complexity index is 433. The molecule has 0 saturated carbocycles. The maximum absolute atomic E-state index is 10.7. The number of ether oxygens (including phenoxy) is 1. The van der Waals surface area contributed by atoms with Crippen molar-refractivity contribution < 1.29 is 14.6 Å². The number of pyridine rings is 1. The summed E-state index contributed by atoms with van der Waals surface area (Å²) in [6.07, 6.45) is 4.78. The molecule has 1 aliphatic rings. The average molecular weight is 271 g/mol. The van der Waals surface area contributed by atoms with Crippen molar-refractivity contribution in [3.05, 3.63) is 22.8 Å². The summed E-state index contributed by atoms with van der Waals surface area (Å²) >= 11 is 5.96. The molecule has 1 saturated heterocycles. The molecule has 6 heteroatoms. The first-order chi connectivity index (χ1) is 8.66. The molecule has 98 valence electrons. The summed E-state index contributed by atoms with van der Waals surface area (Å²) in [7, 11) is 0. The molecule has 0 aromatic carbocycles. The van der Waals surface area contributed by atoms with Crippen LogP contribution in [0.25, 0.3) is 0 Å². The monoisotopic (exact) mass is 270 g/mol. The number of carboxylic acid groups (broad SMARTS) is 1. The third kappa shape index (κ3) is 3.34. The molecule has 1 aromatic heterocycles. The lowest BCUT2D eigenvalue weighted by Crippen LogP contribution is -2.27. The maximum Gasteiger partial charge on any atom is 0.337 e. The SMILES string of the molecule is O=C(O)c1cnc(NCC2CCCCO2)c(Cl)c1. The van der Waals surface area contributed by atoms with Crippen LogP contribution in [0, 0.1) is 0 Å². The van der Waals surface area contributed by atoms with Crippen molar-refractivity contribution >= 4 is 23.4 Å². The number of halogens is 1. The van der Waals surface area contributed by atoms with Crippen molar-refractivity contribution in [1.29, 1.82) is 0 Å². The molecule has 0 aliphatic carbocycles. The Labute approximate surface area is 110 Å². The molecule has 18 heavy (non-hydrogen) atoms. The zero-order valence-electron chi connectivity index (χ0n) is 9.86. The Morgan fingerprint density at radius 3 is 3.06 bits per heavy atom. The van der Waals surface area contributed by atoms with Gasteiger partial charge in [-0.05, 0) is 25.3 Å². The van der Waals surface area contributed by atoms with Crippen LogP contribution >= 0.6 is 11.6 Å². The lowest BCUT2D eigenvalue weighted by molar-refractivity contribution is 0.0247. The number of nitrogens with zero attached hydrogens (tertiary/aromatic N) is 1. The van der Waals surface area contributed by atoms with E-state index in [1.807, 2.05) is 0 Å². The standard InChI is InChI=1S/C12H15ClN2O3/c13-10-5-8(12(16)17)6-14-11(10)15-7-9-3-1-2-4-18-9/h5-6,9H,1-4,7H2,(H,14,15)(H,16,17). The van der Waals surface area contributed by atoms with Gasteiger partial charge in [-0.25, -0.2) is 9.78 Å². The molecule has 5 nitrogen and oxygen atoms in total. The summed E-state index contributed by atoms with van der Waals surface area (Å²) in [5, 5.41) is 12.2. The van der Waals surface area contributed by atoms with E-state index in [0.29, 0.717) is 17.4 Å². The first-order valence-corrected chi connectivity index (χ1v) is 6.29. The van der Waals surface area contributed by atoms with E-state index in [-0.39, 0.29) is 11.7 Å². The van der Waals surface area contributed by atoms with E-state index in [1.54, 1.807) is 0 Å². The molecule has 1 aliphatic heterocycles. The van der Waals surface area contributed by atoms with Crippen molar-refractivity contribution in [3.8, 4) is 0 Å². The third-order valence-corrected chi connectivity index (χ3v) is 3.15. The van der Waals surface area contributed by atoms with Crippen molar-refractivity contribution in [2.45, 2.75) is 25.4 Å². The highest BCUT2D eigenvalue weighted by molar-refractivity contribution is 6.33. The molecule has 0 amide bonds. The Hall–Kier alpha value is -1.33.